The Morgan fingerprint density at radius 1 is 1.23 bits per heavy atom. The van der Waals surface area contributed by atoms with Gasteiger partial charge in [-0.25, -0.2) is 0 Å². The Morgan fingerprint density at radius 3 is 2.53 bits per heavy atom. The lowest BCUT2D eigenvalue weighted by molar-refractivity contribution is -0.121. The third-order valence-electron chi connectivity index (χ3n) is 4.83. The van der Waals surface area contributed by atoms with E-state index in [0.717, 1.165) is 50.1 Å². The van der Waals surface area contributed by atoms with Crippen LogP contribution >= 0.6 is 0 Å². The Bertz CT molecular complexity index is 686. The van der Waals surface area contributed by atoms with Gasteiger partial charge in [0.1, 0.15) is 11.5 Å². The molecule has 1 heterocycles. The maximum atomic E-state index is 11.8. The van der Waals surface area contributed by atoms with E-state index in [1.54, 1.807) is 14.2 Å². The minimum Gasteiger partial charge on any atom is -0.497 e. The molecule has 1 atom stereocenters. The molecule has 0 bridgehead atoms. The quantitative estimate of drug-likeness (QED) is 0.396. The number of nitrogens with zero attached hydrogens (tertiary/aromatic N) is 2. The maximum Gasteiger partial charge on any atom is 0.222 e. The zero-order valence-corrected chi connectivity index (χ0v) is 19.0. The predicted octanol–water partition coefficient (Wildman–Crippen LogP) is 1.75. The summed E-state index contributed by atoms with van der Waals surface area (Å²) in [6.45, 7) is 9.98. The van der Waals surface area contributed by atoms with Crippen LogP contribution in [0.3, 0.4) is 0 Å². The van der Waals surface area contributed by atoms with Crippen LogP contribution in [-0.2, 0) is 11.3 Å². The van der Waals surface area contributed by atoms with Crippen molar-refractivity contribution in [3.05, 3.63) is 23.8 Å². The van der Waals surface area contributed by atoms with Crippen LogP contribution in [-0.4, -0.2) is 69.2 Å². The summed E-state index contributed by atoms with van der Waals surface area (Å²) in [5, 5.41) is 9.68. The Labute approximate surface area is 180 Å². The largest absolute Gasteiger partial charge is 0.497 e. The van der Waals surface area contributed by atoms with Crippen LogP contribution in [0.4, 0.5) is 0 Å². The van der Waals surface area contributed by atoms with Crippen molar-refractivity contribution in [2.75, 3.05) is 40.4 Å². The van der Waals surface area contributed by atoms with Gasteiger partial charge in [-0.3, -0.25) is 14.7 Å². The highest BCUT2D eigenvalue weighted by molar-refractivity contribution is 5.81. The Kier molecular flexibility index (Phi) is 9.73. The van der Waals surface area contributed by atoms with Crippen molar-refractivity contribution in [3.8, 4) is 11.5 Å². The first-order chi connectivity index (χ1) is 14.4. The van der Waals surface area contributed by atoms with Gasteiger partial charge in [-0.15, -0.1) is 0 Å². The van der Waals surface area contributed by atoms with E-state index in [4.69, 9.17) is 9.47 Å². The molecule has 0 aliphatic carbocycles. The fraction of sp³-hybridized carbons (Fsp3) is 0.636. The van der Waals surface area contributed by atoms with E-state index in [1.807, 2.05) is 26.8 Å². The van der Waals surface area contributed by atoms with E-state index in [1.165, 1.54) is 5.56 Å². The second-order valence-electron chi connectivity index (χ2n) is 7.82. The van der Waals surface area contributed by atoms with Crippen LogP contribution in [0, 0.1) is 0 Å². The lowest BCUT2D eigenvalue weighted by atomic mass is 10.2. The van der Waals surface area contributed by atoms with Crippen LogP contribution in [0.25, 0.3) is 0 Å². The average molecular weight is 420 g/mol. The first-order valence-corrected chi connectivity index (χ1v) is 10.7. The number of ether oxygens (including phenoxy) is 2. The standard InChI is InChI=1S/C22H37N5O3/c1-6-23-22(24-9-7-21(28)25-16(2)3)26-18-8-10-27(15-18)14-17-11-19(29-4)13-20(12-17)30-5/h11-13,16,18H,6-10,14-15H2,1-5H3,(H,25,28)(H2,23,24,26). The number of benzene rings is 1. The molecule has 1 saturated heterocycles. The SMILES string of the molecule is CCNC(=NCCC(=O)NC(C)C)NC1CCN(Cc2cc(OC)cc(OC)c2)C1. The van der Waals surface area contributed by atoms with Crippen molar-refractivity contribution >= 4 is 11.9 Å². The van der Waals surface area contributed by atoms with E-state index in [-0.39, 0.29) is 11.9 Å². The minimum atomic E-state index is 0.0327. The number of guanidine groups is 1. The van der Waals surface area contributed by atoms with Gasteiger partial charge in [0.25, 0.3) is 0 Å². The number of likely N-dealkylation sites (tertiary alicyclic amines) is 1. The first-order valence-electron chi connectivity index (χ1n) is 10.7. The minimum absolute atomic E-state index is 0.0327. The summed E-state index contributed by atoms with van der Waals surface area (Å²) in [6, 6.07) is 6.47. The molecule has 0 saturated carbocycles. The third-order valence-corrected chi connectivity index (χ3v) is 4.83. The van der Waals surface area contributed by atoms with Gasteiger partial charge in [-0.1, -0.05) is 0 Å². The Hall–Kier alpha value is -2.48. The zero-order chi connectivity index (χ0) is 21.9. The number of hydrogen-bond acceptors (Lipinski definition) is 5. The molecule has 0 aromatic heterocycles. The molecule has 1 aromatic rings. The van der Waals surface area contributed by atoms with Crippen LogP contribution in [0.5, 0.6) is 11.5 Å². The van der Waals surface area contributed by atoms with Crippen LogP contribution in [0.2, 0.25) is 0 Å². The predicted molar refractivity (Wildman–Crippen MR) is 120 cm³/mol. The van der Waals surface area contributed by atoms with Crippen molar-refractivity contribution in [2.45, 2.75) is 52.2 Å². The smallest absolute Gasteiger partial charge is 0.222 e. The summed E-state index contributed by atoms with van der Waals surface area (Å²) in [5.41, 5.74) is 1.17. The summed E-state index contributed by atoms with van der Waals surface area (Å²) in [5.74, 6) is 2.41. The molecule has 30 heavy (non-hydrogen) atoms. The molecule has 8 heteroatoms. The van der Waals surface area contributed by atoms with Crippen LogP contribution in [0.15, 0.2) is 23.2 Å². The molecule has 1 unspecified atom stereocenters. The summed E-state index contributed by atoms with van der Waals surface area (Å²) < 4.78 is 10.7. The third kappa shape index (κ3) is 8.10. The molecule has 3 N–H and O–H groups in total. The first kappa shape index (κ1) is 23.8. The number of rotatable bonds is 10. The van der Waals surface area contributed by atoms with E-state index in [2.05, 4.69) is 38.0 Å². The van der Waals surface area contributed by atoms with Gasteiger partial charge in [0.15, 0.2) is 5.96 Å². The van der Waals surface area contributed by atoms with Gasteiger partial charge in [-0.05, 0) is 44.9 Å². The molecule has 1 aliphatic heterocycles. The number of amides is 1. The molecular formula is C22H37N5O3. The average Bonchev–Trinajstić information content (AvgIpc) is 3.13. The Morgan fingerprint density at radius 2 is 1.93 bits per heavy atom. The fourth-order valence-corrected chi connectivity index (χ4v) is 3.49. The lowest BCUT2D eigenvalue weighted by Crippen LogP contribution is -2.44. The van der Waals surface area contributed by atoms with Crippen LogP contribution < -0.4 is 25.4 Å². The van der Waals surface area contributed by atoms with E-state index in [9.17, 15) is 4.79 Å². The molecule has 2 rings (SSSR count). The van der Waals surface area contributed by atoms with Gasteiger partial charge in [0, 0.05) is 50.7 Å². The number of nitrogens with one attached hydrogen (secondary N) is 3. The van der Waals surface area contributed by atoms with Crippen molar-refractivity contribution in [1.29, 1.82) is 0 Å². The second kappa shape index (κ2) is 12.3. The summed E-state index contributed by atoms with van der Waals surface area (Å²) in [7, 11) is 3.34. The van der Waals surface area contributed by atoms with Gasteiger partial charge in [0.05, 0.1) is 20.8 Å². The van der Waals surface area contributed by atoms with Gasteiger partial charge >= 0.3 is 0 Å². The highest BCUT2D eigenvalue weighted by atomic mass is 16.5. The monoisotopic (exact) mass is 419 g/mol. The van der Waals surface area contributed by atoms with Gasteiger partial charge < -0.3 is 25.4 Å². The summed E-state index contributed by atoms with van der Waals surface area (Å²) in [6.07, 6.45) is 1.43. The van der Waals surface area contributed by atoms with Crippen molar-refractivity contribution < 1.29 is 14.3 Å². The zero-order valence-electron chi connectivity index (χ0n) is 19.0. The number of hydrogen-bond donors (Lipinski definition) is 3. The van der Waals surface area contributed by atoms with E-state index >= 15 is 0 Å². The maximum absolute atomic E-state index is 11.8. The van der Waals surface area contributed by atoms with Gasteiger partial charge in [-0.2, -0.15) is 0 Å². The molecule has 0 spiro atoms. The highest BCUT2D eigenvalue weighted by Crippen LogP contribution is 2.24. The summed E-state index contributed by atoms with van der Waals surface area (Å²) >= 11 is 0. The Balaban J connectivity index is 1.87. The molecule has 1 aliphatic rings. The van der Waals surface area contributed by atoms with Crippen molar-refractivity contribution in [3.63, 3.8) is 0 Å². The number of carbonyl (C=O) groups excluding carboxylic acids is 1. The molecule has 168 valence electrons. The molecule has 1 amide bonds. The lowest BCUT2D eigenvalue weighted by Gasteiger charge is -2.19. The number of methoxy groups -OCH3 is 2. The van der Waals surface area contributed by atoms with Gasteiger partial charge in [0.2, 0.25) is 5.91 Å². The number of aliphatic imine (C=N–C) groups is 1. The van der Waals surface area contributed by atoms with Crippen molar-refractivity contribution in [2.24, 2.45) is 4.99 Å². The normalized spacial score (nSPS) is 17.1. The number of carbonyl (C=O) groups is 1. The summed E-state index contributed by atoms with van der Waals surface area (Å²) in [4.78, 5) is 18.8. The van der Waals surface area contributed by atoms with E-state index < -0.39 is 0 Å². The van der Waals surface area contributed by atoms with Crippen LogP contribution in [0.1, 0.15) is 39.2 Å². The second-order valence-corrected chi connectivity index (χ2v) is 7.82. The van der Waals surface area contributed by atoms with Crippen molar-refractivity contribution in [1.82, 2.24) is 20.9 Å². The molecule has 1 aromatic carbocycles. The molecular weight excluding hydrogens is 382 g/mol. The highest BCUT2D eigenvalue weighted by Gasteiger charge is 2.23. The molecule has 0 radical (unpaired) electrons. The molecule has 8 nitrogen and oxygen atoms in total. The van der Waals surface area contributed by atoms with E-state index in [0.29, 0.717) is 19.0 Å². The molecule has 1 fully saturated rings. The fourth-order valence-electron chi connectivity index (χ4n) is 3.49. The topological polar surface area (TPSA) is 87.2 Å².